The number of fused-ring (bicyclic) bond motifs is 5. The average molecular weight is 360 g/mol. The van der Waals surface area contributed by atoms with Crippen LogP contribution in [0.2, 0.25) is 0 Å². The van der Waals surface area contributed by atoms with Crippen molar-refractivity contribution in [3.05, 3.63) is 63.5 Å². The summed E-state index contributed by atoms with van der Waals surface area (Å²) in [4.78, 5) is 28.1. The number of carbonyl (C=O) groups excluding carboxylic acids is 1. The molecule has 3 aromatic rings. The maximum absolute atomic E-state index is 12.3. The first-order chi connectivity index (χ1) is 13.0. The topological polar surface area (TPSA) is 64.6 Å². The van der Waals surface area contributed by atoms with E-state index in [4.69, 9.17) is 4.42 Å². The number of carbonyl (C=O) groups is 1. The zero-order valence-electron chi connectivity index (χ0n) is 15.6. The summed E-state index contributed by atoms with van der Waals surface area (Å²) < 4.78 is 8.10. The van der Waals surface area contributed by atoms with E-state index >= 15 is 0 Å². The van der Waals surface area contributed by atoms with Crippen LogP contribution in [-0.2, 0) is 13.0 Å². The molecule has 2 aromatic heterocycles. The monoisotopic (exact) mass is 360 g/mol. The zero-order valence-corrected chi connectivity index (χ0v) is 15.6. The van der Waals surface area contributed by atoms with Gasteiger partial charge in [-0.3, -0.25) is 14.6 Å². The fourth-order valence-electron chi connectivity index (χ4n) is 3.69. The molecule has 136 valence electrons. The van der Waals surface area contributed by atoms with Crippen molar-refractivity contribution in [2.24, 2.45) is 4.99 Å². The molecule has 0 unspecified atom stereocenters. The van der Waals surface area contributed by atoms with E-state index in [2.05, 4.69) is 17.1 Å². The highest BCUT2D eigenvalue weighted by Gasteiger charge is 2.24. The second kappa shape index (κ2) is 6.50. The Morgan fingerprint density at radius 3 is 2.81 bits per heavy atom. The van der Waals surface area contributed by atoms with E-state index in [-0.39, 0.29) is 16.8 Å². The van der Waals surface area contributed by atoms with Crippen molar-refractivity contribution in [3.63, 3.8) is 0 Å². The number of benzene rings is 1. The van der Waals surface area contributed by atoms with E-state index < -0.39 is 0 Å². The van der Waals surface area contributed by atoms with Crippen molar-refractivity contribution >= 4 is 28.5 Å². The van der Waals surface area contributed by atoms with Gasteiger partial charge in [-0.2, -0.15) is 0 Å². The summed E-state index contributed by atoms with van der Waals surface area (Å²) in [5, 5.41) is 1.06. The van der Waals surface area contributed by atoms with E-state index in [0.29, 0.717) is 12.3 Å². The first kappa shape index (κ1) is 17.2. The highest BCUT2D eigenvalue weighted by atomic mass is 16.3. The number of aryl methyl sites for hydroxylation is 2. The normalized spacial score (nSPS) is 13.8. The third kappa shape index (κ3) is 2.76. The third-order valence-corrected chi connectivity index (χ3v) is 5.05. The summed E-state index contributed by atoms with van der Waals surface area (Å²) in [6, 6.07) is 7.66. The summed E-state index contributed by atoms with van der Waals surface area (Å²) in [5.74, 6) is 0.499. The lowest BCUT2D eigenvalue weighted by Gasteiger charge is -2.18. The number of pyridine rings is 1. The molecule has 27 heavy (non-hydrogen) atoms. The molecule has 0 saturated carbocycles. The molecule has 5 nitrogen and oxygen atoms in total. The molecule has 4 rings (SSSR count). The van der Waals surface area contributed by atoms with Gasteiger partial charge in [0.15, 0.2) is 17.0 Å². The van der Waals surface area contributed by atoms with E-state index in [1.165, 1.54) is 13.0 Å². The predicted molar refractivity (Wildman–Crippen MR) is 108 cm³/mol. The Bertz CT molecular complexity index is 1190. The summed E-state index contributed by atoms with van der Waals surface area (Å²) in [6.07, 6.45) is 6.27. The smallest absolute Gasteiger partial charge is 0.193 e. The highest BCUT2D eigenvalue weighted by Crippen LogP contribution is 2.37. The minimum absolute atomic E-state index is 0.216. The number of allylic oxidation sites excluding steroid dienone is 2. The quantitative estimate of drug-likeness (QED) is 0.521. The van der Waals surface area contributed by atoms with Gasteiger partial charge in [-0.1, -0.05) is 18.2 Å². The van der Waals surface area contributed by atoms with Gasteiger partial charge in [0.25, 0.3) is 0 Å². The molecular weight excluding hydrogens is 340 g/mol. The Labute approximate surface area is 156 Å². The minimum Gasteiger partial charge on any atom is -0.454 e. The first-order valence-electron chi connectivity index (χ1n) is 8.93. The van der Waals surface area contributed by atoms with E-state index in [1.54, 1.807) is 13.2 Å². The standard InChI is InChI=1S/C22H20N2O3/c1-4-14(11-23-3)15-5-6-16-17-7-8-24-12-18(13(2)25)20(26)10-19(24)22(17)27-21(16)9-15/h4-6,9-12H,7-8H2,1-3H3/b14-4+,23-11?. The second-order valence-corrected chi connectivity index (χ2v) is 6.69. The number of nitrogens with zero attached hydrogens (tertiary/aromatic N) is 2. The molecule has 3 heterocycles. The third-order valence-electron chi connectivity index (χ3n) is 5.05. The van der Waals surface area contributed by atoms with Crippen LogP contribution < -0.4 is 5.43 Å². The van der Waals surface area contributed by atoms with Crippen molar-refractivity contribution in [1.82, 2.24) is 4.57 Å². The van der Waals surface area contributed by atoms with Gasteiger partial charge in [-0.15, -0.1) is 0 Å². The van der Waals surface area contributed by atoms with Crippen molar-refractivity contribution in [1.29, 1.82) is 0 Å². The van der Waals surface area contributed by atoms with Gasteiger partial charge in [-0.05, 0) is 37.5 Å². The lowest BCUT2D eigenvalue weighted by Crippen LogP contribution is -2.20. The number of aliphatic imine (C=N–C) groups is 1. The molecule has 0 spiro atoms. The van der Waals surface area contributed by atoms with Crippen LogP contribution >= 0.6 is 0 Å². The maximum Gasteiger partial charge on any atom is 0.193 e. The van der Waals surface area contributed by atoms with Crippen LogP contribution in [0.3, 0.4) is 0 Å². The number of Topliss-reactive ketones (excluding diaryl/α,β-unsaturated/α-hetero) is 1. The fraction of sp³-hybridized carbons (Fsp3) is 0.227. The van der Waals surface area contributed by atoms with Crippen molar-refractivity contribution in [2.75, 3.05) is 7.05 Å². The molecule has 0 N–H and O–H groups in total. The molecule has 1 aromatic carbocycles. The van der Waals surface area contributed by atoms with Gasteiger partial charge < -0.3 is 8.98 Å². The molecule has 1 aliphatic heterocycles. The molecule has 0 aliphatic carbocycles. The zero-order chi connectivity index (χ0) is 19.1. The van der Waals surface area contributed by atoms with E-state index in [9.17, 15) is 9.59 Å². The van der Waals surface area contributed by atoms with Gasteiger partial charge in [0.2, 0.25) is 0 Å². The maximum atomic E-state index is 12.3. The number of hydrogen-bond donors (Lipinski definition) is 0. The van der Waals surface area contributed by atoms with Crippen molar-refractivity contribution in [2.45, 2.75) is 26.8 Å². The van der Waals surface area contributed by atoms with E-state index in [1.807, 2.05) is 29.8 Å². The Balaban J connectivity index is 1.90. The van der Waals surface area contributed by atoms with Crippen LogP contribution in [0.15, 0.2) is 50.7 Å². The number of hydrogen-bond acceptors (Lipinski definition) is 4. The summed E-state index contributed by atoms with van der Waals surface area (Å²) >= 11 is 0. The van der Waals surface area contributed by atoms with Crippen LogP contribution in [0.5, 0.6) is 0 Å². The molecule has 0 bridgehead atoms. The van der Waals surface area contributed by atoms with Gasteiger partial charge in [0.05, 0.1) is 11.3 Å². The molecule has 5 heteroatoms. The first-order valence-corrected chi connectivity index (χ1v) is 8.93. The van der Waals surface area contributed by atoms with Gasteiger partial charge in [-0.25, -0.2) is 0 Å². The number of aromatic nitrogens is 1. The van der Waals surface area contributed by atoms with Crippen LogP contribution in [0.25, 0.3) is 28.0 Å². The predicted octanol–water partition coefficient (Wildman–Crippen LogP) is 4.12. The van der Waals surface area contributed by atoms with E-state index in [0.717, 1.165) is 39.8 Å². The summed E-state index contributed by atoms with van der Waals surface area (Å²) in [6.45, 7) is 4.10. The second-order valence-electron chi connectivity index (χ2n) is 6.69. The Morgan fingerprint density at radius 1 is 1.30 bits per heavy atom. The Morgan fingerprint density at radius 2 is 2.11 bits per heavy atom. The van der Waals surface area contributed by atoms with Gasteiger partial charge >= 0.3 is 0 Å². The number of rotatable bonds is 3. The van der Waals surface area contributed by atoms with Crippen LogP contribution in [0.1, 0.15) is 35.3 Å². The minimum atomic E-state index is -0.266. The molecule has 0 atom stereocenters. The molecule has 0 radical (unpaired) electrons. The van der Waals surface area contributed by atoms with Crippen LogP contribution in [-0.4, -0.2) is 23.6 Å². The lowest BCUT2D eigenvalue weighted by atomic mass is 9.99. The SMILES string of the molecule is C/C=C(\C=NC)c1ccc2c3c(oc2c1)-c1cc(=O)c(C(C)=O)cn1CC3. The summed E-state index contributed by atoms with van der Waals surface area (Å²) in [5.41, 5.74) is 4.64. The lowest BCUT2D eigenvalue weighted by molar-refractivity contribution is 0.101. The highest BCUT2D eigenvalue weighted by molar-refractivity contribution is 6.10. The van der Waals surface area contributed by atoms with Crippen LogP contribution in [0, 0.1) is 0 Å². The largest absolute Gasteiger partial charge is 0.454 e. The van der Waals surface area contributed by atoms with Crippen molar-refractivity contribution in [3.8, 4) is 11.5 Å². The Hall–Kier alpha value is -3.21. The fourth-order valence-corrected chi connectivity index (χ4v) is 3.69. The number of furan rings is 1. The molecular formula is C22H20N2O3. The molecule has 0 amide bonds. The van der Waals surface area contributed by atoms with Gasteiger partial charge in [0, 0.05) is 43.0 Å². The average Bonchev–Trinajstić information content (AvgIpc) is 3.03. The molecule has 1 aliphatic rings. The molecule has 0 fully saturated rings. The van der Waals surface area contributed by atoms with Gasteiger partial charge in [0.1, 0.15) is 5.58 Å². The molecule has 0 saturated heterocycles. The summed E-state index contributed by atoms with van der Waals surface area (Å²) in [7, 11) is 1.75. The van der Waals surface area contributed by atoms with Crippen molar-refractivity contribution < 1.29 is 9.21 Å². The van der Waals surface area contributed by atoms with Crippen LogP contribution in [0.4, 0.5) is 0 Å². The Kier molecular flexibility index (Phi) is 4.15. The number of ketones is 1.